The highest BCUT2D eigenvalue weighted by Crippen LogP contribution is 2.45. The van der Waals surface area contributed by atoms with Crippen LogP contribution in [0.3, 0.4) is 0 Å². The lowest BCUT2D eigenvalue weighted by molar-refractivity contribution is 0.140. The molecular formula is C34H71N2O3P. The molecule has 1 saturated heterocycles. The summed E-state index contributed by atoms with van der Waals surface area (Å²) in [6.07, 6.45) is 27.9. The first-order valence-corrected chi connectivity index (χ1v) is 19.5. The Morgan fingerprint density at radius 3 is 1.45 bits per heavy atom. The van der Waals surface area contributed by atoms with Gasteiger partial charge in [0.2, 0.25) is 0 Å². The van der Waals surface area contributed by atoms with Crippen molar-refractivity contribution < 1.29 is 13.6 Å². The summed E-state index contributed by atoms with van der Waals surface area (Å²) >= 11 is 0. The standard InChI is InChI=1S/C34H71N2O3P/c1-5-9-13-15-17-19-25-33(23-11-7-3)31-38-40(37,35-27-30-36-28-21-22-29-36)39-32-34(24-12-8-4)26-20-18-16-14-10-6-2/h33-34H,5-32H2,1-4H3,(H,35,37). The van der Waals surface area contributed by atoms with Gasteiger partial charge in [-0.2, -0.15) is 0 Å². The smallest absolute Gasteiger partial charge is 0.302 e. The second-order valence-corrected chi connectivity index (χ2v) is 14.5. The van der Waals surface area contributed by atoms with Crippen molar-refractivity contribution in [2.45, 2.75) is 169 Å². The van der Waals surface area contributed by atoms with Gasteiger partial charge in [0.15, 0.2) is 0 Å². The first-order chi connectivity index (χ1) is 19.6. The molecule has 0 aromatic heterocycles. The zero-order chi connectivity index (χ0) is 29.2. The minimum Gasteiger partial charge on any atom is -0.302 e. The molecule has 2 unspecified atom stereocenters. The average molecular weight is 587 g/mol. The molecule has 0 saturated carbocycles. The van der Waals surface area contributed by atoms with Crippen LogP contribution in [0.25, 0.3) is 0 Å². The number of hydrogen-bond donors (Lipinski definition) is 1. The molecule has 0 amide bonds. The van der Waals surface area contributed by atoms with Crippen LogP contribution >= 0.6 is 7.75 Å². The third-order valence-corrected chi connectivity index (χ3v) is 10.3. The van der Waals surface area contributed by atoms with Gasteiger partial charge in [-0.3, -0.25) is 9.05 Å². The highest BCUT2D eigenvalue weighted by molar-refractivity contribution is 7.51. The Morgan fingerprint density at radius 1 is 0.600 bits per heavy atom. The lowest BCUT2D eigenvalue weighted by atomic mass is 9.96. The van der Waals surface area contributed by atoms with Gasteiger partial charge in [-0.05, 0) is 63.5 Å². The van der Waals surface area contributed by atoms with Crippen molar-refractivity contribution >= 4 is 7.75 Å². The molecule has 0 radical (unpaired) electrons. The van der Waals surface area contributed by atoms with Crippen LogP contribution in [0.15, 0.2) is 0 Å². The van der Waals surface area contributed by atoms with Crippen LogP contribution in [-0.2, 0) is 13.6 Å². The summed E-state index contributed by atoms with van der Waals surface area (Å²) < 4.78 is 26.6. The van der Waals surface area contributed by atoms with Gasteiger partial charge in [0.1, 0.15) is 0 Å². The van der Waals surface area contributed by atoms with Crippen molar-refractivity contribution in [1.82, 2.24) is 9.99 Å². The van der Waals surface area contributed by atoms with Gasteiger partial charge in [0, 0.05) is 13.1 Å². The first-order valence-electron chi connectivity index (χ1n) is 17.9. The monoisotopic (exact) mass is 587 g/mol. The van der Waals surface area contributed by atoms with Crippen LogP contribution in [0.2, 0.25) is 0 Å². The van der Waals surface area contributed by atoms with E-state index in [4.69, 9.17) is 9.05 Å². The van der Waals surface area contributed by atoms with Gasteiger partial charge < -0.3 is 4.90 Å². The lowest BCUT2D eigenvalue weighted by Crippen LogP contribution is -2.30. The van der Waals surface area contributed by atoms with Gasteiger partial charge in [-0.1, -0.05) is 130 Å². The summed E-state index contributed by atoms with van der Waals surface area (Å²) in [6, 6.07) is 0. The Balaban J connectivity index is 2.67. The topological polar surface area (TPSA) is 50.8 Å². The normalized spacial score (nSPS) is 17.3. The highest BCUT2D eigenvalue weighted by atomic mass is 31.2. The van der Waals surface area contributed by atoms with Crippen LogP contribution in [-0.4, -0.2) is 44.3 Å². The van der Waals surface area contributed by atoms with Crippen molar-refractivity contribution in [3.63, 3.8) is 0 Å². The first kappa shape index (κ1) is 38.1. The predicted octanol–water partition coefficient (Wildman–Crippen LogP) is 10.9. The van der Waals surface area contributed by atoms with Crippen molar-refractivity contribution in [3.8, 4) is 0 Å². The van der Waals surface area contributed by atoms with E-state index in [2.05, 4.69) is 37.7 Å². The Kier molecular flexibility index (Phi) is 25.4. The summed E-state index contributed by atoms with van der Waals surface area (Å²) in [6.45, 7) is 14.1. The molecule has 0 spiro atoms. The summed E-state index contributed by atoms with van der Waals surface area (Å²) in [5, 5.41) is 3.30. The van der Waals surface area contributed by atoms with Gasteiger partial charge in [-0.25, -0.2) is 9.65 Å². The minimum atomic E-state index is -3.33. The van der Waals surface area contributed by atoms with E-state index in [0.29, 0.717) is 31.6 Å². The van der Waals surface area contributed by atoms with Crippen LogP contribution < -0.4 is 5.09 Å². The fraction of sp³-hybridized carbons (Fsp3) is 1.00. The molecule has 2 atom stereocenters. The van der Waals surface area contributed by atoms with E-state index in [1.54, 1.807) is 0 Å². The van der Waals surface area contributed by atoms with E-state index in [-0.39, 0.29) is 0 Å². The van der Waals surface area contributed by atoms with Crippen molar-refractivity contribution in [3.05, 3.63) is 0 Å². The van der Waals surface area contributed by atoms with E-state index in [1.807, 2.05) is 0 Å². The van der Waals surface area contributed by atoms with E-state index in [1.165, 1.54) is 128 Å². The van der Waals surface area contributed by atoms with Crippen molar-refractivity contribution in [2.24, 2.45) is 11.8 Å². The number of likely N-dealkylation sites (tertiary alicyclic amines) is 1. The maximum Gasteiger partial charge on any atom is 0.405 e. The predicted molar refractivity (Wildman–Crippen MR) is 175 cm³/mol. The number of nitrogens with one attached hydrogen (secondary N) is 1. The zero-order valence-corrected chi connectivity index (χ0v) is 28.5. The van der Waals surface area contributed by atoms with E-state index in [0.717, 1.165) is 32.5 Å². The maximum atomic E-state index is 14.1. The molecule has 0 aromatic carbocycles. The Labute approximate surface area is 251 Å². The largest absolute Gasteiger partial charge is 0.405 e. The van der Waals surface area contributed by atoms with Crippen LogP contribution in [0, 0.1) is 11.8 Å². The molecule has 1 rings (SSSR count). The van der Waals surface area contributed by atoms with E-state index in [9.17, 15) is 4.57 Å². The Hall–Kier alpha value is 0.0700. The fourth-order valence-corrected chi connectivity index (χ4v) is 7.37. The highest BCUT2D eigenvalue weighted by Gasteiger charge is 2.28. The number of rotatable bonds is 30. The van der Waals surface area contributed by atoms with E-state index >= 15 is 0 Å². The van der Waals surface area contributed by atoms with Crippen molar-refractivity contribution in [2.75, 3.05) is 39.4 Å². The van der Waals surface area contributed by atoms with Gasteiger partial charge in [0.05, 0.1) is 13.2 Å². The summed E-state index contributed by atoms with van der Waals surface area (Å²) in [5.41, 5.74) is 0. The SMILES string of the molecule is CCCCCCCCC(CCCC)COP(=O)(NCCN1CCCC1)OCC(CCCC)CCCCCCCC. The van der Waals surface area contributed by atoms with Crippen LogP contribution in [0.5, 0.6) is 0 Å². The van der Waals surface area contributed by atoms with Crippen molar-refractivity contribution in [1.29, 1.82) is 0 Å². The second kappa shape index (κ2) is 26.7. The molecule has 1 aliphatic rings. The Bertz CT molecular complexity index is 550. The molecule has 6 heteroatoms. The maximum absolute atomic E-state index is 14.1. The van der Waals surface area contributed by atoms with Gasteiger partial charge >= 0.3 is 7.75 Å². The summed E-state index contributed by atoms with van der Waals surface area (Å²) in [4.78, 5) is 2.46. The van der Waals surface area contributed by atoms with Crippen LogP contribution in [0.4, 0.5) is 0 Å². The molecule has 40 heavy (non-hydrogen) atoms. The molecule has 0 bridgehead atoms. The average Bonchev–Trinajstić information content (AvgIpc) is 3.48. The third kappa shape index (κ3) is 20.9. The number of hydrogen-bond acceptors (Lipinski definition) is 4. The number of nitrogens with zero attached hydrogens (tertiary/aromatic N) is 1. The third-order valence-electron chi connectivity index (χ3n) is 8.76. The molecule has 1 aliphatic heterocycles. The van der Waals surface area contributed by atoms with E-state index < -0.39 is 7.75 Å². The molecule has 240 valence electrons. The molecule has 1 heterocycles. The number of unbranched alkanes of at least 4 members (excludes halogenated alkanes) is 12. The zero-order valence-electron chi connectivity index (χ0n) is 27.6. The quantitative estimate of drug-likeness (QED) is 0.0670. The lowest BCUT2D eigenvalue weighted by Gasteiger charge is -2.26. The Morgan fingerprint density at radius 2 is 1.00 bits per heavy atom. The fourth-order valence-electron chi connectivity index (χ4n) is 5.92. The molecular weight excluding hydrogens is 515 g/mol. The molecule has 5 nitrogen and oxygen atoms in total. The molecule has 0 aliphatic carbocycles. The summed E-state index contributed by atoms with van der Waals surface area (Å²) in [7, 11) is -3.33. The van der Waals surface area contributed by atoms with Gasteiger partial charge in [0.25, 0.3) is 0 Å². The molecule has 1 fully saturated rings. The van der Waals surface area contributed by atoms with Gasteiger partial charge in [-0.15, -0.1) is 0 Å². The summed E-state index contributed by atoms with van der Waals surface area (Å²) in [5.74, 6) is 0.949. The second-order valence-electron chi connectivity index (χ2n) is 12.7. The minimum absolute atomic E-state index is 0.474. The van der Waals surface area contributed by atoms with Crippen LogP contribution in [0.1, 0.15) is 169 Å². The molecule has 1 N–H and O–H groups in total. The molecule has 0 aromatic rings.